The minimum absolute atomic E-state index is 0.502. The Balaban J connectivity index is 2.34. The third-order valence-corrected chi connectivity index (χ3v) is 2.46. The van der Waals surface area contributed by atoms with Gasteiger partial charge >= 0.3 is 0 Å². The number of alkyl halides is 1. The Bertz CT molecular complexity index is 262. The van der Waals surface area contributed by atoms with Gasteiger partial charge in [-0.2, -0.15) is 0 Å². The summed E-state index contributed by atoms with van der Waals surface area (Å²) in [5, 5.41) is 6.73. The van der Waals surface area contributed by atoms with Crippen molar-refractivity contribution in [3.05, 3.63) is 24.3 Å². The third-order valence-electron chi connectivity index (χ3n) is 1.71. The van der Waals surface area contributed by atoms with Crippen LogP contribution in [0, 0.1) is 0 Å². The van der Waals surface area contributed by atoms with Crippen LogP contribution in [0.3, 0.4) is 0 Å². The Kier molecular flexibility index (Phi) is 1.89. The minimum Gasteiger partial charge on any atom is -0.380 e. The Morgan fingerprint density at radius 3 is 2.82 bits per heavy atom. The van der Waals surface area contributed by atoms with Crippen LogP contribution >= 0.6 is 22.6 Å². The molecule has 1 unspecified atom stereocenters. The zero-order valence-electron chi connectivity index (χ0n) is 5.97. The van der Waals surface area contributed by atoms with Gasteiger partial charge in [0.05, 0.1) is 15.4 Å². The summed E-state index contributed by atoms with van der Waals surface area (Å²) in [5.74, 6) is 0. The van der Waals surface area contributed by atoms with E-state index >= 15 is 0 Å². The van der Waals surface area contributed by atoms with Crippen LogP contribution in [0.5, 0.6) is 0 Å². The Labute approximate surface area is 79.5 Å². The van der Waals surface area contributed by atoms with E-state index in [4.69, 9.17) is 0 Å². The maximum atomic E-state index is 3.38. The molecule has 0 aromatic heterocycles. The van der Waals surface area contributed by atoms with Gasteiger partial charge in [-0.05, 0) is 12.1 Å². The van der Waals surface area contributed by atoms with E-state index in [2.05, 4.69) is 45.4 Å². The highest BCUT2D eigenvalue weighted by Crippen LogP contribution is 2.26. The molecule has 58 valence electrons. The molecule has 1 aromatic carbocycles. The van der Waals surface area contributed by atoms with Gasteiger partial charge < -0.3 is 10.6 Å². The van der Waals surface area contributed by atoms with Crippen molar-refractivity contribution >= 4 is 34.0 Å². The molecule has 0 saturated carbocycles. The molecule has 1 aromatic rings. The molecular formula is C8H9IN2. The van der Waals surface area contributed by atoms with E-state index in [0.29, 0.717) is 4.05 Å². The lowest BCUT2D eigenvalue weighted by Crippen LogP contribution is -2.27. The summed E-state index contributed by atoms with van der Waals surface area (Å²) in [7, 11) is 0. The van der Waals surface area contributed by atoms with E-state index in [1.54, 1.807) is 0 Å². The molecule has 1 aliphatic rings. The highest BCUT2D eigenvalue weighted by Gasteiger charge is 2.12. The molecular weight excluding hydrogens is 251 g/mol. The van der Waals surface area contributed by atoms with Crippen molar-refractivity contribution in [2.75, 3.05) is 17.2 Å². The molecule has 2 nitrogen and oxygen atoms in total. The van der Waals surface area contributed by atoms with Crippen LogP contribution in [0.15, 0.2) is 24.3 Å². The van der Waals surface area contributed by atoms with E-state index in [1.807, 2.05) is 12.1 Å². The van der Waals surface area contributed by atoms with Gasteiger partial charge in [0.2, 0.25) is 0 Å². The molecule has 1 heterocycles. The van der Waals surface area contributed by atoms with E-state index in [1.165, 1.54) is 11.4 Å². The maximum Gasteiger partial charge on any atom is 0.0956 e. The van der Waals surface area contributed by atoms with Crippen molar-refractivity contribution in [1.82, 2.24) is 0 Å². The summed E-state index contributed by atoms with van der Waals surface area (Å²) >= 11 is 2.38. The molecule has 0 radical (unpaired) electrons. The van der Waals surface area contributed by atoms with Crippen LogP contribution in [0.1, 0.15) is 0 Å². The first-order chi connectivity index (χ1) is 5.36. The number of fused-ring (bicyclic) bond motifs is 1. The van der Waals surface area contributed by atoms with Crippen LogP contribution in [-0.4, -0.2) is 10.6 Å². The largest absolute Gasteiger partial charge is 0.380 e. The van der Waals surface area contributed by atoms with Crippen LogP contribution in [-0.2, 0) is 0 Å². The number of anilines is 2. The lowest BCUT2D eigenvalue weighted by Gasteiger charge is -2.24. The van der Waals surface area contributed by atoms with E-state index in [0.717, 1.165) is 6.54 Å². The summed E-state index contributed by atoms with van der Waals surface area (Å²) in [6.07, 6.45) is 0. The standard InChI is InChI=1S/C8H9IN2/c9-8-5-10-6-3-1-2-4-7(6)11-8/h1-4,8,10-11H,5H2. The number of nitrogens with one attached hydrogen (secondary N) is 2. The summed E-state index contributed by atoms with van der Waals surface area (Å²) in [5.41, 5.74) is 2.42. The average Bonchev–Trinajstić information content (AvgIpc) is 2.04. The lowest BCUT2D eigenvalue weighted by atomic mass is 10.2. The van der Waals surface area contributed by atoms with Crippen molar-refractivity contribution in [3.8, 4) is 0 Å². The molecule has 1 atom stereocenters. The van der Waals surface area contributed by atoms with Crippen molar-refractivity contribution < 1.29 is 0 Å². The first-order valence-electron chi connectivity index (χ1n) is 3.60. The normalized spacial score (nSPS) is 21.4. The molecule has 1 aliphatic heterocycles. The van der Waals surface area contributed by atoms with Crippen LogP contribution in [0.4, 0.5) is 11.4 Å². The zero-order valence-corrected chi connectivity index (χ0v) is 8.13. The van der Waals surface area contributed by atoms with Crippen molar-refractivity contribution in [1.29, 1.82) is 0 Å². The topological polar surface area (TPSA) is 24.1 Å². The molecule has 0 spiro atoms. The predicted molar refractivity (Wildman–Crippen MR) is 56.4 cm³/mol. The molecule has 2 N–H and O–H groups in total. The first-order valence-corrected chi connectivity index (χ1v) is 4.84. The zero-order chi connectivity index (χ0) is 7.68. The van der Waals surface area contributed by atoms with Gasteiger partial charge in [-0.1, -0.05) is 34.7 Å². The van der Waals surface area contributed by atoms with Gasteiger partial charge in [0, 0.05) is 6.54 Å². The second kappa shape index (κ2) is 2.89. The molecule has 0 amide bonds. The predicted octanol–water partition coefficient (Wildman–Crippen LogP) is 2.29. The Morgan fingerprint density at radius 1 is 1.27 bits per heavy atom. The van der Waals surface area contributed by atoms with E-state index < -0.39 is 0 Å². The molecule has 11 heavy (non-hydrogen) atoms. The van der Waals surface area contributed by atoms with Gasteiger partial charge in [-0.15, -0.1) is 0 Å². The highest BCUT2D eigenvalue weighted by atomic mass is 127. The molecule has 3 heteroatoms. The van der Waals surface area contributed by atoms with Crippen molar-refractivity contribution in [2.45, 2.75) is 4.05 Å². The molecule has 0 saturated heterocycles. The number of halogens is 1. The van der Waals surface area contributed by atoms with Gasteiger partial charge in [0.1, 0.15) is 0 Å². The fourth-order valence-corrected chi connectivity index (χ4v) is 1.74. The number of hydrogen-bond acceptors (Lipinski definition) is 2. The smallest absolute Gasteiger partial charge is 0.0956 e. The van der Waals surface area contributed by atoms with E-state index in [-0.39, 0.29) is 0 Å². The van der Waals surface area contributed by atoms with Gasteiger partial charge in [0.15, 0.2) is 0 Å². The quantitative estimate of drug-likeness (QED) is 0.425. The molecule has 0 aliphatic carbocycles. The van der Waals surface area contributed by atoms with Crippen LogP contribution in [0.25, 0.3) is 0 Å². The maximum absolute atomic E-state index is 3.38. The molecule has 2 rings (SSSR count). The molecule has 0 fully saturated rings. The van der Waals surface area contributed by atoms with Crippen LogP contribution in [0.2, 0.25) is 0 Å². The van der Waals surface area contributed by atoms with Gasteiger partial charge in [-0.3, -0.25) is 0 Å². The van der Waals surface area contributed by atoms with E-state index in [9.17, 15) is 0 Å². The third kappa shape index (κ3) is 1.42. The minimum atomic E-state index is 0.502. The molecule has 0 bridgehead atoms. The number of rotatable bonds is 0. The second-order valence-corrected chi connectivity index (χ2v) is 4.04. The lowest BCUT2D eigenvalue weighted by molar-refractivity contribution is 1.02. The highest BCUT2D eigenvalue weighted by molar-refractivity contribution is 14.1. The summed E-state index contributed by atoms with van der Waals surface area (Å²) in [4.78, 5) is 0. The summed E-state index contributed by atoms with van der Waals surface area (Å²) in [6.45, 7) is 0.998. The number of benzene rings is 1. The monoisotopic (exact) mass is 260 g/mol. The Hall–Kier alpha value is -0.450. The first kappa shape index (κ1) is 7.21. The fraction of sp³-hybridized carbons (Fsp3) is 0.250. The number of hydrogen-bond donors (Lipinski definition) is 2. The SMILES string of the molecule is IC1CNc2ccccc2N1. The number of para-hydroxylation sites is 2. The fourth-order valence-electron chi connectivity index (χ4n) is 1.18. The van der Waals surface area contributed by atoms with Crippen molar-refractivity contribution in [2.24, 2.45) is 0 Å². The van der Waals surface area contributed by atoms with Crippen LogP contribution < -0.4 is 10.6 Å². The average molecular weight is 260 g/mol. The van der Waals surface area contributed by atoms with Crippen molar-refractivity contribution in [3.63, 3.8) is 0 Å². The van der Waals surface area contributed by atoms with Gasteiger partial charge in [-0.25, -0.2) is 0 Å². The summed E-state index contributed by atoms with van der Waals surface area (Å²) in [6, 6.07) is 8.27. The Morgan fingerprint density at radius 2 is 2.00 bits per heavy atom. The van der Waals surface area contributed by atoms with Gasteiger partial charge in [0.25, 0.3) is 0 Å². The summed E-state index contributed by atoms with van der Waals surface area (Å²) < 4.78 is 0.502. The second-order valence-electron chi connectivity index (χ2n) is 2.54.